The first-order chi connectivity index (χ1) is 9.56. The second-order valence-electron chi connectivity index (χ2n) is 5.20. The molecule has 1 atom stereocenters. The number of rotatable bonds is 2. The van der Waals surface area contributed by atoms with E-state index in [4.69, 9.17) is 5.11 Å². The van der Waals surface area contributed by atoms with Crippen molar-refractivity contribution in [2.75, 3.05) is 13.1 Å². The molecule has 1 saturated heterocycles. The molecule has 2 N–H and O–H groups in total. The average molecular weight is 273 g/mol. The van der Waals surface area contributed by atoms with Crippen molar-refractivity contribution in [1.82, 2.24) is 15.1 Å². The molecule has 2 heterocycles. The van der Waals surface area contributed by atoms with Gasteiger partial charge < -0.3 is 10.0 Å². The summed E-state index contributed by atoms with van der Waals surface area (Å²) in [6.07, 6.45) is 0.502. The summed E-state index contributed by atoms with van der Waals surface area (Å²) in [5, 5.41) is 16.7. The first-order valence-electron chi connectivity index (χ1n) is 6.53. The molecule has 0 aliphatic carbocycles. The second-order valence-corrected chi connectivity index (χ2v) is 5.20. The molecule has 0 radical (unpaired) electrons. The standard InChI is InChI=1S/C14H15N3O3/c1-8-2-3-11-10(6-8)12(16-15-11)13(18)17-5-4-9(7-17)14(19)20/h2-3,6,9H,4-5,7H2,1H3,(H,15,16)(H,19,20)/t9-/m0/s1. The molecule has 0 bridgehead atoms. The Bertz CT molecular complexity index is 692. The molecule has 104 valence electrons. The van der Waals surface area contributed by atoms with Crippen molar-refractivity contribution >= 4 is 22.8 Å². The molecular weight excluding hydrogens is 258 g/mol. The molecule has 6 nitrogen and oxygen atoms in total. The van der Waals surface area contributed by atoms with Crippen molar-refractivity contribution in [1.29, 1.82) is 0 Å². The van der Waals surface area contributed by atoms with Crippen LogP contribution in [0, 0.1) is 12.8 Å². The van der Waals surface area contributed by atoms with Gasteiger partial charge in [0.2, 0.25) is 0 Å². The van der Waals surface area contributed by atoms with Crippen LogP contribution in [-0.4, -0.2) is 45.2 Å². The van der Waals surface area contributed by atoms with Crippen LogP contribution < -0.4 is 0 Å². The first kappa shape index (κ1) is 12.7. The number of aliphatic carboxylic acids is 1. The Morgan fingerprint density at radius 1 is 1.45 bits per heavy atom. The molecule has 0 saturated carbocycles. The molecule has 1 aliphatic rings. The highest BCUT2D eigenvalue weighted by Crippen LogP contribution is 2.22. The predicted molar refractivity (Wildman–Crippen MR) is 72.5 cm³/mol. The summed E-state index contributed by atoms with van der Waals surface area (Å²) in [7, 11) is 0. The highest BCUT2D eigenvalue weighted by Gasteiger charge is 2.32. The molecule has 1 aliphatic heterocycles. The van der Waals surface area contributed by atoms with Crippen molar-refractivity contribution in [3.63, 3.8) is 0 Å². The number of nitrogens with one attached hydrogen (secondary N) is 1. The third kappa shape index (κ3) is 2.03. The largest absolute Gasteiger partial charge is 0.481 e. The van der Waals surface area contributed by atoms with Crippen molar-refractivity contribution in [2.24, 2.45) is 5.92 Å². The predicted octanol–water partition coefficient (Wildman–Crippen LogP) is 1.42. The van der Waals surface area contributed by atoms with E-state index in [0.29, 0.717) is 18.7 Å². The van der Waals surface area contributed by atoms with E-state index in [1.54, 1.807) is 4.90 Å². The Morgan fingerprint density at radius 2 is 2.25 bits per heavy atom. The number of fused-ring (bicyclic) bond motifs is 1. The van der Waals surface area contributed by atoms with Crippen molar-refractivity contribution < 1.29 is 14.7 Å². The summed E-state index contributed by atoms with van der Waals surface area (Å²) in [4.78, 5) is 25.0. The SMILES string of the molecule is Cc1ccc2[nH]nc(C(=O)N3CC[C@H](C(=O)O)C3)c2c1. The number of aryl methyl sites for hydroxylation is 1. The van der Waals surface area contributed by atoms with Gasteiger partial charge in [0, 0.05) is 18.5 Å². The van der Waals surface area contributed by atoms with E-state index in [1.807, 2.05) is 25.1 Å². The summed E-state index contributed by atoms with van der Waals surface area (Å²) < 4.78 is 0. The maximum Gasteiger partial charge on any atom is 0.308 e. The minimum absolute atomic E-state index is 0.203. The number of carboxylic acid groups (broad SMARTS) is 1. The van der Waals surface area contributed by atoms with Crippen LogP contribution in [0.5, 0.6) is 0 Å². The van der Waals surface area contributed by atoms with Crippen LogP contribution in [0.25, 0.3) is 10.9 Å². The van der Waals surface area contributed by atoms with Gasteiger partial charge in [-0.2, -0.15) is 5.10 Å². The number of carbonyl (C=O) groups excluding carboxylic acids is 1. The quantitative estimate of drug-likeness (QED) is 0.866. The number of carboxylic acids is 1. The maximum absolute atomic E-state index is 12.5. The van der Waals surface area contributed by atoms with Crippen LogP contribution in [0.3, 0.4) is 0 Å². The lowest BCUT2D eigenvalue weighted by molar-refractivity contribution is -0.141. The zero-order valence-electron chi connectivity index (χ0n) is 11.1. The highest BCUT2D eigenvalue weighted by atomic mass is 16.4. The van der Waals surface area contributed by atoms with Gasteiger partial charge in [0.25, 0.3) is 5.91 Å². The molecule has 0 spiro atoms. The van der Waals surface area contributed by atoms with Gasteiger partial charge in [-0.1, -0.05) is 11.6 Å². The molecule has 1 aromatic carbocycles. The van der Waals surface area contributed by atoms with E-state index in [0.717, 1.165) is 16.5 Å². The Kier molecular flexibility index (Phi) is 2.93. The van der Waals surface area contributed by atoms with Crippen LogP contribution in [0.15, 0.2) is 18.2 Å². The van der Waals surface area contributed by atoms with Crippen LogP contribution in [-0.2, 0) is 4.79 Å². The normalized spacial score (nSPS) is 18.6. The third-order valence-corrected chi connectivity index (χ3v) is 3.75. The summed E-state index contributed by atoms with van der Waals surface area (Å²) in [6, 6.07) is 5.75. The molecule has 20 heavy (non-hydrogen) atoms. The molecule has 1 aromatic heterocycles. The first-order valence-corrected chi connectivity index (χ1v) is 6.53. The summed E-state index contributed by atoms with van der Waals surface area (Å²) >= 11 is 0. The summed E-state index contributed by atoms with van der Waals surface area (Å²) in [6.45, 7) is 2.68. The topological polar surface area (TPSA) is 86.3 Å². The molecular formula is C14H15N3O3. The number of hydrogen-bond acceptors (Lipinski definition) is 3. The van der Waals surface area contributed by atoms with Crippen LogP contribution in [0.2, 0.25) is 0 Å². The second kappa shape index (κ2) is 4.63. The van der Waals surface area contributed by atoms with Crippen molar-refractivity contribution in [3.8, 4) is 0 Å². The fourth-order valence-electron chi connectivity index (χ4n) is 2.59. The fraction of sp³-hybridized carbons (Fsp3) is 0.357. The minimum Gasteiger partial charge on any atom is -0.481 e. The Hall–Kier alpha value is -2.37. The molecule has 1 fully saturated rings. The van der Waals surface area contributed by atoms with E-state index in [-0.39, 0.29) is 12.5 Å². The van der Waals surface area contributed by atoms with Gasteiger partial charge >= 0.3 is 5.97 Å². The van der Waals surface area contributed by atoms with E-state index in [9.17, 15) is 9.59 Å². The molecule has 3 rings (SSSR count). The van der Waals surface area contributed by atoms with E-state index in [1.165, 1.54) is 0 Å². The number of benzene rings is 1. The minimum atomic E-state index is -0.844. The van der Waals surface area contributed by atoms with Crippen LogP contribution in [0.1, 0.15) is 22.5 Å². The van der Waals surface area contributed by atoms with Crippen LogP contribution >= 0.6 is 0 Å². The molecule has 1 amide bonds. The number of aromatic amines is 1. The van der Waals surface area contributed by atoms with E-state index >= 15 is 0 Å². The number of likely N-dealkylation sites (tertiary alicyclic amines) is 1. The van der Waals surface area contributed by atoms with Crippen LogP contribution in [0.4, 0.5) is 0 Å². The van der Waals surface area contributed by atoms with Gasteiger partial charge in [0.05, 0.1) is 11.4 Å². The number of aromatic nitrogens is 2. The number of amides is 1. The van der Waals surface area contributed by atoms with Gasteiger partial charge in [0.1, 0.15) is 0 Å². The van der Waals surface area contributed by atoms with E-state index in [2.05, 4.69) is 10.2 Å². The number of nitrogens with zero attached hydrogens (tertiary/aromatic N) is 2. The van der Waals surface area contributed by atoms with Crippen molar-refractivity contribution in [2.45, 2.75) is 13.3 Å². The van der Waals surface area contributed by atoms with Gasteiger partial charge in [-0.15, -0.1) is 0 Å². The number of H-pyrrole nitrogens is 1. The molecule has 6 heteroatoms. The lowest BCUT2D eigenvalue weighted by Gasteiger charge is -2.14. The Morgan fingerprint density at radius 3 is 2.95 bits per heavy atom. The number of carbonyl (C=O) groups is 2. The smallest absolute Gasteiger partial charge is 0.308 e. The monoisotopic (exact) mass is 273 g/mol. The molecule has 2 aromatic rings. The van der Waals surface area contributed by atoms with Crippen molar-refractivity contribution in [3.05, 3.63) is 29.5 Å². The lowest BCUT2D eigenvalue weighted by Crippen LogP contribution is -2.30. The third-order valence-electron chi connectivity index (χ3n) is 3.75. The van der Waals surface area contributed by atoms with Gasteiger partial charge in [-0.05, 0) is 25.5 Å². The zero-order chi connectivity index (χ0) is 14.3. The summed E-state index contributed by atoms with van der Waals surface area (Å²) in [5.74, 6) is -1.51. The molecule has 0 unspecified atom stereocenters. The lowest BCUT2D eigenvalue weighted by atomic mass is 10.1. The van der Waals surface area contributed by atoms with Gasteiger partial charge in [-0.3, -0.25) is 14.7 Å². The summed E-state index contributed by atoms with van der Waals surface area (Å²) in [5.41, 5.74) is 2.24. The zero-order valence-corrected chi connectivity index (χ0v) is 11.1. The van der Waals surface area contributed by atoms with Gasteiger partial charge in [-0.25, -0.2) is 0 Å². The Balaban J connectivity index is 1.90. The maximum atomic E-state index is 12.5. The Labute approximate surface area is 115 Å². The average Bonchev–Trinajstić information content (AvgIpc) is 3.04. The number of hydrogen-bond donors (Lipinski definition) is 2. The highest BCUT2D eigenvalue weighted by molar-refractivity contribution is 6.05. The van der Waals surface area contributed by atoms with E-state index < -0.39 is 11.9 Å². The van der Waals surface area contributed by atoms with Gasteiger partial charge in [0.15, 0.2) is 5.69 Å². The fourth-order valence-corrected chi connectivity index (χ4v) is 2.59.